The number of carbonyl (C=O) groups is 1. The number of piperidine rings is 1. The van der Waals surface area contributed by atoms with Gasteiger partial charge in [-0.05, 0) is 44.1 Å². The number of hydrogen-bond donors (Lipinski definition) is 1. The van der Waals surface area contributed by atoms with E-state index in [1.54, 1.807) is 0 Å². The van der Waals surface area contributed by atoms with Crippen LogP contribution >= 0.6 is 0 Å². The number of fused-ring (bicyclic) bond motifs is 1. The van der Waals surface area contributed by atoms with Crippen molar-refractivity contribution in [3.8, 4) is 0 Å². The van der Waals surface area contributed by atoms with Gasteiger partial charge < -0.3 is 10.2 Å². The second-order valence-corrected chi connectivity index (χ2v) is 6.17. The second-order valence-electron chi connectivity index (χ2n) is 6.17. The van der Waals surface area contributed by atoms with Crippen LogP contribution in [0.15, 0.2) is 0 Å². The number of rotatable bonds is 1. The first-order valence-corrected chi connectivity index (χ1v) is 7.28. The lowest BCUT2D eigenvalue weighted by atomic mass is 9.89. The molecule has 1 N–H and O–H groups in total. The van der Waals surface area contributed by atoms with Crippen molar-refractivity contribution in [1.82, 2.24) is 10.2 Å². The molecule has 3 aliphatic rings. The molecule has 3 rings (SSSR count). The first kappa shape index (κ1) is 11.5. The Morgan fingerprint density at radius 1 is 1.18 bits per heavy atom. The van der Waals surface area contributed by atoms with Gasteiger partial charge in [-0.1, -0.05) is 13.3 Å². The van der Waals surface area contributed by atoms with Gasteiger partial charge in [0.05, 0.1) is 5.92 Å². The molecule has 96 valence electrons. The van der Waals surface area contributed by atoms with Crippen LogP contribution in [-0.2, 0) is 4.79 Å². The summed E-state index contributed by atoms with van der Waals surface area (Å²) in [4.78, 5) is 14.9. The van der Waals surface area contributed by atoms with Crippen molar-refractivity contribution >= 4 is 5.91 Å². The Bertz CT molecular complexity index is 305. The van der Waals surface area contributed by atoms with E-state index in [9.17, 15) is 4.79 Å². The SMILES string of the molecule is C[C@@H]1CNC[C@H]1C(=O)N1CCCC2CCCC21. The van der Waals surface area contributed by atoms with E-state index in [2.05, 4.69) is 17.1 Å². The number of carbonyl (C=O) groups excluding carboxylic acids is 1. The molecular weight excluding hydrogens is 212 g/mol. The third kappa shape index (κ3) is 1.99. The molecule has 3 heteroatoms. The summed E-state index contributed by atoms with van der Waals surface area (Å²) in [7, 11) is 0. The van der Waals surface area contributed by atoms with E-state index >= 15 is 0 Å². The fourth-order valence-corrected chi connectivity index (χ4v) is 4.08. The molecule has 0 aromatic heterocycles. The zero-order chi connectivity index (χ0) is 11.8. The normalized spacial score (nSPS) is 41.6. The molecule has 0 bridgehead atoms. The number of hydrogen-bond acceptors (Lipinski definition) is 2. The largest absolute Gasteiger partial charge is 0.339 e. The summed E-state index contributed by atoms with van der Waals surface area (Å²) in [6.45, 7) is 5.13. The van der Waals surface area contributed by atoms with Gasteiger partial charge in [0, 0.05) is 19.1 Å². The molecular formula is C14H24N2O. The standard InChI is InChI=1S/C14H24N2O/c1-10-8-15-9-12(10)14(17)16-7-3-5-11-4-2-6-13(11)16/h10-13,15H,2-9H2,1H3/t10-,11?,12-,13?/m1/s1. The fraction of sp³-hybridized carbons (Fsp3) is 0.929. The van der Waals surface area contributed by atoms with Gasteiger partial charge >= 0.3 is 0 Å². The molecule has 0 aromatic rings. The molecule has 0 aromatic carbocycles. The van der Waals surface area contributed by atoms with Gasteiger partial charge in [0.2, 0.25) is 5.91 Å². The van der Waals surface area contributed by atoms with E-state index in [0.717, 1.165) is 25.6 Å². The maximum absolute atomic E-state index is 12.6. The monoisotopic (exact) mass is 236 g/mol. The number of amides is 1. The number of nitrogens with one attached hydrogen (secondary N) is 1. The van der Waals surface area contributed by atoms with Crippen molar-refractivity contribution < 1.29 is 4.79 Å². The summed E-state index contributed by atoms with van der Waals surface area (Å²) in [5.41, 5.74) is 0. The molecule has 2 aliphatic heterocycles. The van der Waals surface area contributed by atoms with Crippen molar-refractivity contribution in [1.29, 1.82) is 0 Å². The maximum Gasteiger partial charge on any atom is 0.227 e. The van der Waals surface area contributed by atoms with Crippen molar-refractivity contribution in [2.75, 3.05) is 19.6 Å². The molecule has 0 radical (unpaired) electrons. The topological polar surface area (TPSA) is 32.3 Å². The second kappa shape index (κ2) is 4.60. The van der Waals surface area contributed by atoms with Crippen LogP contribution in [0.1, 0.15) is 39.0 Å². The minimum Gasteiger partial charge on any atom is -0.339 e. The van der Waals surface area contributed by atoms with E-state index in [4.69, 9.17) is 0 Å². The van der Waals surface area contributed by atoms with Crippen LogP contribution in [0.4, 0.5) is 0 Å². The summed E-state index contributed by atoms with van der Waals surface area (Å²) >= 11 is 0. The summed E-state index contributed by atoms with van der Waals surface area (Å²) in [6.07, 6.45) is 6.52. The average molecular weight is 236 g/mol. The summed E-state index contributed by atoms with van der Waals surface area (Å²) in [5.74, 6) is 2.02. The first-order valence-electron chi connectivity index (χ1n) is 7.28. The van der Waals surface area contributed by atoms with Crippen LogP contribution in [0.5, 0.6) is 0 Å². The highest BCUT2D eigenvalue weighted by molar-refractivity contribution is 5.80. The quantitative estimate of drug-likeness (QED) is 0.750. The van der Waals surface area contributed by atoms with Crippen LogP contribution in [0.3, 0.4) is 0 Å². The van der Waals surface area contributed by atoms with E-state index < -0.39 is 0 Å². The lowest BCUT2D eigenvalue weighted by Crippen LogP contribution is -2.49. The van der Waals surface area contributed by atoms with Crippen LogP contribution in [0, 0.1) is 17.8 Å². The van der Waals surface area contributed by atoms with E-state index in [1.807, 2.05) is 0 Å². The Morgan fingerprint density at radius 3 is 2.76 bits per heavy atom. The third-order valence-corrected chi connectivity index (χ3v) is 5.11. The van der Waals surface area contributed by atoms with Gasteiger partial charge in [-0.3, -0.25) is 4.79 Å². The van der Waals surface area contributed by atoms with Crippen LogP contribution in [0.25, 0.3) is 0 Å². The van der Waals surface area contributed by atoms with E-state index in [0.29, 0.717) is 17.9 Å². The molecule has 1 amide bonds. The van der Waals surface area contributed by atoms with Crippen LogP contribution in [-0.4, -0.2) is 36.5 Å². The third-order valence-electron chi connectivity index (χ3n) is 5.11. The van der Waals surface area contributed by atoms with Crippen LogP contribution in [0.2, 0.25) is 0 Å². The molecule has 1 aliphatic carbocycles. The summed E-state index contributed by atoms with van der Waals surface area (Å²) in [6, 6.07) is 0.587. The minimum absolute atomic E-state index is 0.245. The Labute approximate surface area is 104 Å². The molecule has 2 unspecified atom stereocenters. The Hall–Kier alpha value is -0.570. The maximum atomic E-state index is 12.6. The van der Waals surface area contributed by atoms with Gasteiger partial charge in [-0.2, -0.15) is 0 Å². The fourth-order valence-electron chi connectivity index (χ4n) is 4.08. The summed E-state index contributed by atoms with van der Waals surface area (Å²) < 4.78 is 0. The van der Waals surface area contributed by atoms with Gasteiger partial charge in [-0.25, -0.2) is 0 Å². The summed E-state index contributed by atoms with van der Waals surface area (Å²) in [5, 5.41) is 3.35. The highest BCUT2D eigenvalue weighted by Gasteiger charge is 2.41. The Balaban J connectivity index is 1.72. The minimum atomic E-state index is 0.245. The molecule has 1 saturated carbocycles. The molecule has 2 heterocycles. The molecule has 17 heavy (non-hydrogen) atoms. The Morgan fingerprint density at radius 2 is 2.00 bits per heavy atom. The molecule has 2 saturated heterocycles. The zero-order valence-electron chi connectivity index (χ0n) is 10.8. The smallest absolute Gasteiger partial charge is 0.227 e. The lowest BCUT2D eigenvalue weighted by Gasteiger charge is -2.39. The highest BCUT2D eigenvalue weighted by Crippen LogP contribution is 2.38. The lowest BCUT2D eigenvalue weighted by molar-refractivity contribution is -0.140. The molecule has 0 spiro atoms. The van der Waals surface area contributed by atoms with Gasteiger partial charge in [0.25, 0.3) is 0 Å². The predicted octanol–water partition coefficient (Wildman–Crippen LogP) is 1.63. The van der Waals surface area contributed by atoms with Gasteiger partial charge in [-0.15, -0.1) is 0 Å². The van der Waals surface area contributed by atoms with Crippen molar-refractivity contribution in [2.45, 2.75) is 45.1 Å². The molecule has 3 nitrogen and oxygen atoms in total. The molecule has 3 fully saturated rings. The van der Waals surface area contributed by atoms with E-state index in [-0.39, 0.29) is 5.92 Å². The number of likely N-dealkylation sites (tertiary alicyclic amines) is 1. The van der Waals surface area contributed by atoms with Crippen molar-refractivity contribution in [3.05, 3.63) is 0 Å². The zero-order valence-corrected chi connectivity index (χ0v) is 10.8. The average Bonchev–Trinajstić information content (AvgIpc) is 2.95. The predicted molar refractivity (Wildman–Crippen MR) is 67.6 cm³/mol. The van der Waals surface area contributed by atoms with Crippen LogP contribution < -0.4 is 5.32 Å². The van der Waals surface area contributed by atoms with Gasteiger partial charge in [0.1, 0.15) is 0 Å². The van der Waals surface area contributed by atoms with Crippen molar-refractivity contribution in [3.63, 3.8) is 0 Å². The van der Waals surface area contributed by atoms with E-state index in [1.165, 1.54) is 32.1 Å². The Kier molecular flexibility index (Phi) is 3.12. The van der Waals surface area contributed by atoms with Gasteiger partial charge in [0.15, 0.2) is 0 Å². The first-order chi connectivity index (χ1) is 8.27. The molecule has 4 atom stereocenters. The number of nitrogens with zero attached hydrogens (tertiary/aromatic N) is 1. The van der Waals surface area contributed by atoms with Crippen molar-refractivity contribution in [2.24, 2.45) is 17.8 Å². The highest BCUT2D eigenvalue weighted by atomic mass is 16.2.